The summed E-state index contributed by atoms with van der Waals surface area (Å²) in [7, 11) is 0. The van der Waals surface area contributed by atoms with Crippen LogP contribution in [0.25, 0.3) is 0 Å². The topological polar surface area (TPSA) is 20.2 Å². The van der Waals surface area contributed by atoms with Gasteiger partial charge in [0.15, 0.2) is 0 Å². The van der Waals surface area contributed by atoms with Crippen molar-refractivity contribution in [2.24, 2.45) is 0 Å². The molecule has 0 heterocycles. The third kappa shape index (κ3) is 2.78. The highest BCUT2D eigenvalue weighted by atomic mass is 35.5. The molecule has 0 bridgehead atoms. The zero-order chi connectivity index (χ0) is 13.3. The molecule has 1 unspecified atom stereocenters. The maximum atomic E-state index is 13.0. The van der Waals surface area contributed by atoms with Gasteiger partial charge in [0.05, 0.1) is 5.02 Å². The number of hydrogen-bond donors (Lipinski definition) is 1. The molecule has 2 rings (SSSR count). The minimum absolute atomic E-state index is 0.0512. The molecule has 1 N–H and O–H groups in total. The van der Waals surface area contributed by atoms with Gasteiger partial charge in [-0.25, -0.2) is 4.39 Å². The summed E-state index contributed by atoms with van der Waals surface area (Å²) in [5.41, 5.74) is 0.900. The first-order valence-corrected chi connectivity index (χ1v) is 6.20. The minimum atomic E-state index is -1.01. The fraction of sp³-hybridized carbons (Fsp3) is 0.0769. The van der Waals surface area contributed by atoms with Gasteiger partial charge >= 0.3 is 0 Å². The molecule has 0 aliphatic rings. The molecule has 0 amide bonds. The van der Waals surface area contributed by atoms with E-state index in [2.05, 4.69) is 0 Å². The van der Waals surface area contributed by atoms with Gasteiger partial charge in [0.25, 0.3) is 0 Å². The van der Waals surface area contributed by atoms with Crippen LogP contribution in [-0.4, -0.2) is 5.11 Å². The number of rotatable bonds is 2. The highest BCUT2D eigenvalue weighted by Gasteiger charge is 2.15. The van der Waals surface area contributed by atoms with Crippen LogP contribution in [0.3, 0.4) is 0 Å². The highest BCUT2D eigenvalue weighted by Crippen LogP contribution is 2.31. The molecular formula is C13H8Cl3FO. The van der Waals surface area contributed by atoms with Crippen molar-refractivity contribution in [3.05, 3.63) is 68.4 Å². The fourth-order valence-electron chi connectivity index (χ4n) is 1.59. The zero-order valence-electron chi connectivity index (χ0n) is 9.00. The van der Waals surface area contributed by atoms with Crippen LogP contribution < -0.4 is 0 Å². The molecule has 0 radical (unpaired) electrons. The van der Waals surface area contributed by atoms with Crippen LogP contribution in [0, 0.1) is 5.82 Å². The van der Waals surface area contributed by atoms with Gasteiger partial charge in [0.1, 0.15) is 11.9 Å². The van der Waals surface area contributed by atoms with Crippen molar-refractivity contribution in [2.45, 2.75) is 6.10 Å². The Balaban J connectivity index is 2.44. The highest BCUT2D eigenvalue weighted by molar-refractivity contribution is 6.33. The lowest BCUT2D eigenvalue weighted by atomic mass is 10.0. The van der Waals surface area contributed by atoms with Gasteiger partial charge < -0.3 is 5.11 Å². The molecule has 2 aromatic carbocycles. The van der Waals surface area contributed by atoms with E-state index >= 15 is 0 Å². The summed E-state index contributed by atoms with van der Waals surface area (Å²) in [6.07, 6.45) is -1.01. The second-order valence-electron chi connectivity index (χ2n) is 3.74. The third-order valence-corrected chi connectivity index (χ3v) is 3.38. The van der Waals surface area contributed by atoms with E-state index in [4.69, 9.17) is 34.8 Å². The van der Waals surface area contributed by atoms with E-state index in [0.29, 0.717) is 21.2 Å². The number of aliphatic hydroxyl groups excluding tert-OH is 1. The Kier molecular flexibility index (Phi) is 4.13. The Bertz CT molecular complexity index is 586. The van der Waals surface area contributed by atoms with Crippen LogP contribution in [0.1, 0.15) is 17.2 Å². The van der Waals surface area contributed by atoms with Gasteiger partial charge in [-0.05, 0) is 35.9 Å². The van der Waals surface area contributed by atoms with Crippen LogP contribution in [0.5, 0.6) is 0 Å². The molecule has 5 heteroatoms. The van der Waals surface area contributed by atoms with Crippen molar-refractivity contribution in [3.63, 3.8) is 0 Å². The van der Waals surface area contributed by atoms with E-state index in [1.165, 1.54) is 18.2 Å². The minimum Gasteiger partial charge on any atom is -0.384 e. The number of benzene rings is 2. The molecule has 0 aliphatic carbocycles. The summed E-state index contributed by atoms with van der Waals surface area (Å²) >= 11 is 17.5. The van der Waals surface area contributed by atoms with Crippen LogP contribution in [0.4, 0.5) is 4.39 Å². The monoisotopic (exact) mass is 304 g/mol. The third-order valence-electron chi connectivity index (χ3n) is 2.51. The molecule has 94 valence electrons. The van der Waals surface area contributed by atoms with E-state index in [-0.39, 0.29) is 5.02 Å². The van der Waals surface area contributed by atoms with E-state index in [9.17, 15) is 9.50 Å². The molecule has 0 fully saturated rings. The van der Waals surface area contributed by atoms with Gasteiger partial charge in [0.2, 0.25) is 0 Å². The van der Waals surface area contributed by atoms with Gasteiger partial charge in [-0.3, -0.25) is 0 Å². The molecular weight excluding hydrogens is 297 g/mol. The predicted octanol–water partition coefficient (Wildman–Crippen LogP) is 4.87. The van der Waals surface area contributed by atoms with Gasteiger partial charge in [-0.2, -0.15) is 0 Å². The standard InChI is InChI=1S/C13H8Cl3FO/c14-8-2-3-10(15)9(6-8)13(18)7-1-4-12(17)11(16)5-7/h1-6,13,18H. The first-order valence-electron chi connectivity index (χ1n) is 5.07. The lowest BCUT2D eigenvalue weighted by molar-refractivity contribution is 0.220. The fourth-order valence-corrected chi connectivity index (χ4v) is 2.18. The summed E-state index contributed by atoms with van der Waals surface area (Å²) in [5, 5.41) is 11.0. The smallest absolute Gasteiger partial charge is 0.141 e. The van der Waals surface area contributed by atoms with Crippen molar-refractivity contribution in [1.82, 2.24) is 0 Å². The number of hydrogen-bond acceptors (Lipinski definition) is 1. The van der Waals surface area contributed by atoms with Crippen molar-refractivity contribution in [1.29, 1.82) is 0 Å². The average Bonchev–Trinajstić information content (AvgIpc) is 2.35. The Labute approximate surface area is 119 Å². The van der Waals surface area contributed by atoms with Crippen molar-refractivity contribution in [2.75, 3.05) is 0 Å². The Morgan fingerprint density at radius 2 is 1.67 bits per heavy atom. The Morgan fingerprint density at radius 1 is 0.944 bits per heavy atom. The summed E-state index contributed by atoms with van der Waals surface area (Å²) < 4.78 is 13.0. The summed E-state index contributed by atoms with van der Waals surface area (Å²) in [5.74, 6) is -0.537. The molecule has 0 spiro atoms. The van der Waals surface area contributed by atoms with Crippen LogP contribution in [0.15, 0.2) is 36.4 Å². The van der Waals surface area contributed by atoms with Crippen LogP contribution in [-0.2, 0) is 0 Å². The molecule has 0 saturated heterocycles. The zero-order valence-corrected chi connectivity index (χ0v) is 11.3. The quantitative estimate of drug-likeness (QED) is 0.839. The molecule has 1 nitrogen and oxygen atoms in total. The molecule has 0 saturated carbocycles. The largest absolute Gasteiger partial charge is 0.384 e. The first kappa shape index (κ1) is 13.6. The molecule has 1 atom stereocenters. The van der Waals surface area contributed by atoms with Gasteiger partial charge in [-0.1, -0.05) is 40.9 Å². The lowest BCUT2D eigenvalue weighted by Crippen LogP contribution is -2.01. The Hall–Kier alpha value is -0.800. The van der Waals surface area contributed by atoms with E-state index in [0.717, 1.165) is 0 Å². The summed E-state index contributed by atoms with van der Waals surface area (Å²) in [6, 6.07) is 8.78. The van der Waals surface area contributed by atoms with Crippen molar-refractivity contribution < 1.29 is 9.50 Å². The first-order chi connectivity index (χ1) is 8.49. The average molecular weight is 306 g/mol. The summed E-state index contributed by atoms with van der Waals surface area (Å²) in [6.45, 7) is 0. The van der Waals surface area contributed by atoms with Crippen molar-refractivity contribution in [3.8, 4) is 0 Å². The maximum Gasteiger partial charge on any atom is 0.141 e. The van der Waals surface area contributed by atoms with E-state index in [1.54, 1.807) is 18.2 Å². The molecule has 0 aliphatic heterocycles. The van der Waals surface area contributed by atoms with Gasteiger partial charge in [-0.15, -0.1) is 0 Å². The summed E-state index contributed by atoms with van der Waals surface area (Å²) in [4.78, 5) is 0. The molecule has 0 aromatic heterocycles. The lowest BCUT2D eigenvalue weighted by Gasteiger charge is -2.14. The number of aliphatic hydroxyl groups is 1. The van der Waals surface area contributed by atoms with Gasteiger partial charge in [0, 0.05) is 15.6 Å². The second-order valence-corrected chi connectivity index (χ2v) is 4.99. The normalized spacial score (nSPS) is 12.5. The van der Waals surface area contributed by atoms with Crippen LogP contribution in [0.2, 0.25) is 15.1 Å². The second kappa shape index (κ2) is 5.45. The maximum absolute atomic E-state index is 13.0. The number of halogens is 4. The van der Waals surface area contributed by atoms with E-state index < -0.39 is 11.9 Å². The molecule has 2 aromatic rings. The predicted molar refractivity (Wildman–Crippen MR) is 71.9 cm³/mol. The SMILES string of the molecule is OC(c1ccc(F)c(Cl)c1)c1cc(Cl)ccc1Cl. The Morgan fingerprint density at radius 3 is 2.33 bits per heavy atom. The van der Waals surface area contributed by atoms with Crippen LogP contribution >= 0.6 is 34.8 Å². The van der Waals surface area contributed by atoms with Crippen molar-refractivity contribution >= 4 is 34.8 Å². The van der Waals surface area contributed by atoms with E-state index in [1.807, 2.05) is 0 Å². The molecule has 18 heavy (non-hydrogen) atoms.